The van der Waals surface area contributed by atoms with Gasteiger partial charge in [0.05, 0.1) is 6.34 Å². The molecule has 1 rings (SSSR count). The highest BCUT2D eigenvalue weighted by Gasteiger charge is 2.14. The van der Waals surface area contributed by atoms with Gasteiger partial charge in [0.25, 0.3) is 0 Å². The van der Waals surface area contributed by atoms with Gasteiger partial charge in [0.2, 0.25) is 0 Å². The number of carboxylic acids is 1. The van der Waals surface area contributed by atoms with Crippen LogP contribution in [0.3, 0.4) is 0 Å². The zero-order chi connectivity index (χ0) is 16.8. The maximum atomic E-state index is 11.1. The van der Waals surface area contributed by atoms with Crippen molar-refractivity contribution in [1.82, 2.24) is 0 Å². The third-order valence-corrected chi connectivity index (χ3v) is 3.49. The first-order valence-electron chi connectivity index (χ1n) is 6.99. The molecule has 1 aromatic heterocycles. The lowest BCUT2D eigenvalue weighted by Gasteiger charge is -2.06. The molecular weight excluding hydrogens is 300 g/mol. The molecule has 7 heteroatoms. The van der Waals surface area contributed by atoms with Gasteiger partial charge >= 0.3 is 5.97 Å². The molecule has 0 aromatic carbocycles. The lowest BCUT2D eigenvalue weighted by molar-refractivity contribution is -0.138. The van der Waals surface area contributed by atoms with Crippen LogP contribution in [0.15, 0.2) is 28.1 Å². The van der Waals surface area contributed by atoms with Crippen LogP contribution in [0.4, 0.5) is 0 Å². The second-order valence-corrected chi connectivity index (χ2v) is 5.30. The first-order chi connectivity index (χ1) is 10.6. The number of carbonyl (C=O) groups is 1. The maximum Gasteiger partial charge on any atom is 0.328 e. The Bertz CT molecular complexity index is 484. The second kappa shape index (κ2) is 12.7. The Balaban J connectivity index is 0.00000135. The first kappa shape index (κ1) is 20.0. The summed E-state index contributed by atoms with van der Waals surface area (Å²) >= 11 is 1.65. The van der Waals surface area contributed by atoms with E-state index in [2.05, 4.69) is 10.7 Å². The molecule has 0 saturated carbocycles. The fourth-order valence-electron chi connectivity index (χ4n) is 1.55. The van der Waals surface area contributed by atoms with Gasteiger partial charge < -0.3 is 16.6 Å². The number of nitrogens with one attached hydrogen (secondary N) is 1. The molecule has 1 unspecified atom stereocenters. The van der Waals surface area contributed by atoms with Gasteiger partial charge in [-0.25, -0.2) is 4.79 Å². The normalized spacial score (nSPS) is 12.5. The van der Waals surface area contributed by atoms with Crippen molar-refractivity contribution in [3.8, 4) is 0 Å². The van der Waals surface area contributed by atoms with Crippen LogP contribution in [-0.2, 0) is 4.79 Å². The zero-order valence-corrected chi connectivity index (χ0v) is 13.6. The van der Waals surface area contributed by atoms with E-state index in [0.29, 0.717) is 19.4 Å². The molecule has 122 valence electrons. The van der Waals surface area contributed by atoms with Crippen LogP contribution in [0, 0.1) is 5.41 Å². The molecule has 1 aromatic rings. The van der Waals surface area contributed by atoms with Crippen LogP contribution in [0.2, 0.25) is 0 Å². The van der Waals surface area contributed by atoms with E-state index in [-0.39, 0.29) is 0 Å². The molecule has 0 bridgehead atoms. The van der Waals surface area contributed by atoms with E-state index in [0.717, 1.165) is 23.2 Å². The minimum Gasteiger partial charge on any atom is -0.480 e. The molecule has 0 radical (unpaired) electrons. The Labute approximate surface area is 135 Å². The summed E-state index contributed by atoms with van der Waals surface area (Å²) in [6.45, 7) is 2.52. The first-order valence-corrected chi connectivity index (χ1v) is 7.87. The van der Waals surface area contributed by atoms with Gasteiger partial charge in [-0.15, -0.1) is 11.3 Å². The van der Waals surface area contributed by atoms with Crippen LogP contribution in [0.25, 0.3) is 6.08 Å². The standard InChI is InChI=1S/C14H20N2O2S.CH4N2/c1-2-11(9-12-5-4-8-19-12)10-16-13(14(17)18)6-3-7-15;2-1-3/h4-5,8-10,13H,2-3,6-7,15H2,1H3,(H,17,18);1H,(H3,2,3)/b11-9+,16-10?;. The fraction of sp³-hybridized carbons (Fsp3) is 0.400. The minimum absolute atomic E-state index is 0.484. The van der Waals surface area contributed by atoms with Gasteiger partial charge in [-0.2, -0.15) is 0 Å². The molecule has 0 aliphatic heterocycles. The number of nitrogens with two attached hydrogens (primary N) is 2. The highest BCUT2D eigenvalue weighted by atomic mass is 32.1. The number of aliphatic imine (C=N–C) groups is 1. The second-order valence-electron chi connectivity index (χ2n) is 4.32. The van der Waals surface area contributed by atoms with Crippen LogP contribution in [0.1, 0.15) is 31.1 Å². The van der Waals surface area contributed by atoms with E-state index in [1.807, 2.05) is 30.5 Å². The van der Waals surface area contributed by atoms with Crippen molar-refractivity contribution >= 4 is 35.9 Å². The summed E-state index contributed by atoms with van der Waals surface area (Å²) in [6.07, 6.45) is 6.44. The Morgan fingerprint density at radius 3 is 2.73 bits per heavy atom. The predicted molar refractivity (Wildman–Crippen MR) is 93.8 cm³/mol. The number of thiophene rings is 1. The third kappa shape index (κ3) is 9.04. The largest absolute Gasteiger partial charge is 0.480 e. The van der Waals surface area contributed by atoms with Gasteiger partial charge in [0, 0.05) is 11.1 Å². The summed E-state index contributed by atoms with van der Waals surface area (Å²) in [5, 5.41) is 16.9. The molecule has 22 heavy (non-hydrogen) atoms. The van der Waals surface area contributed by atoms with E-state index in [1.54, 1.807) is 17.6 Å². The molecule has 0 saturated heterocycles. The topological polar surface area (TPSA) is 126 Å². The Morgan fingerprint density at radius 1 is 1.59 bits per heavy atom. The van der Waals surface area contributed by atoms with Crippen molar-refractivity contribution in [2.24, 2.45) is 16.5 Å². The molecule has 6 nitrogen and oxygen atoms in total. The van der Waals surface area contributed by atoms with Crippen molar-refractivity contribution < 1.29 is 9.90 Å². The molecule has 1 atom stereocenters. The Hall–Kier alpha value is -1.99. The molecule has 0 spiro atoms. The molecule has 0 aliphatic carbocycles. The number of hydrogen-bond donors (Lipinski definition) is 4. The van der Waals surface area contributed by atoms with Crippen LogP contribution in [-0.4, -0.2) is 36.2 Å². The van der Waals surface area contributed by atoms with Crippen LogP contribution < -0.4 is 11.5 Å². The smallest absolute Gasteiger partial charge is 0.328 e. The Morgan fingerprint density at radius 2 is 2.27 bits per heavy atom. The lowest BCUT2D eigenvalue weighted by atomic mass is 10.1. The van der Waals surface area contributed by atoms with E-state index >= 15 is 0 Å². The van der Waals surface area contributed by atoms with Crippen molar-refractivity contribution in [3.05, 3.63) is 28.0 Å². The number of rotatable bonds is 8. The average Bonchev–Trinajstić information content (AvgIpc) is 2.99. The minimum atomic E-state index is -0.892. The summed E-state index contributed by atoms with van der Waals surface area (Å²) in [4.78, 5) is 16.4. The summed E-state index contributed by atoms with van der Waals surface area (Å²) in [5.74, 6) is -0.892. The van der Waals surface area contributed by atoms with E-state index in [4.69, 9.17) is 16.2 Å². The SMILES string of the molecule is CC/C(C=NC(CCCN)C(=O)O)=C\c1cccs1.N=CN. The number of hydrogen-bond acceptors (Lipinski definition) is 5. The summed E-state index contributed by atoms with van der Waals surface area (Å²) in [5.41, 5.74) is 10.8. The molecular formula is C15H24N4O2S. The van der Waals surface area contributed by atoms with Crippen molar-refractivity contribution in [3.63, 3.8) is 0 Å². The van der Waals surface area contributed by atoms with Crippen LogP contribution in [0.5, 0.6) is 0 Å². The molecule has 0 aliphatic rings. The van der Waals surface area contributed by atoms with Gasteiger partial charge in [-0.05, 0) is 48.9 Å². The van der Waals surface area contributed by atoms with Gasteiger partial charge in [-0.3, -0.25) is 10.4 Å². The van der Waals surface area contributed by atoms with E-state index in [9.17, 15) is 4.79 Å². The third-order valence-electron chi connectivity index (χ3n) is 2.67. The average molecular weight is 324 g/mol. The summed E-state index contributed by atoms with van der Waals surface area (Å²) < 4.78 is 0. The fourth-order valence-corrected chi connectivity index (χ4v) is 2.24. The van der Waals surface area contributed by atoms with Crippen molar-refractivity contribution in [1.29, 1.82) is 5.41 Å². The number of aliphatic carboxylic acids is 1. The number of nitrogens with zero attached hydrogens (tertiary/aromatic N) is 1. The molecule has 0 amide bonds. The monoisotopic (exact) mass is 324 g/mol. The van der Waals surface area contributed by atoms with Gasteiger partial charge in [0.1, 0.15) is 6.04 Å². The van der Waals surface area contributed by atoms with E-state index in [1.165, 1.54) is 0 Å². The maximum absolute atomic E-state index is 11.1. The molecule has 0 fully saturated rings. The predicted octanol–water partition coefficient (Wildman–Crippen LogP) is 2.36. The van der Waals surface area contributed by atoms with Gasteiger partial charge in [0.15, 0.2) is 0 Å². The van der Waals surface area contributed by atoms with E-state index < -0.39 is 12.0 Å². The molecule has 6 N–H and O–H groups in total. The number of allylic oxidation sites excluding steroid dienone is 1. The highest BCUT2D eigenvalue weighted by Crippen LogP contribution is 2.14. The van der Waals surface area contributed by atoms with Crippen molar-refractivity contribution in [2.45, 2.75) is 32.2 Å². The lowest BCUT2D eigenvalue weighted by Crippen LogP contribution is -2.19. The zero-order valence-electron chi connectivity index (χ0n) is 12.7. The quantitative estimate of drug-likeness (QED) is 0.432. The summed E-state index contributed by atoms with van der Waals surface area (Å²) in [6, 6.07) is 3.32. The Kier molecular flexibility index (Phi) is 11.6. The van der Waals surface area contributed by atoms with Crippen LogP contribution >= 0.6 is 11.3 Å². The van der Waals surface area contributed by atoms with Gasteiger partial charge in [-0.1, -0.05) is 13.0 Å². The highest BCUT2D eigenvalue weighted by molar-refractivity contribution is 7.10. The molecule has 1 heterocycles. The number of carboxylic acid groups (broad SMARTS) is 1. The van der Waals surface area contributed by atoms with Crippen molar-refractivity contribution in [2.75, 3.05) is 6.54 Å². The summed E-state index contributed by atoms with van der Waals surface area (Å²) in [7, 11) is 0.